The smallest absolute Gasteiger partial charge is 0.0560 e. The first-order chi connectivity index (χ1) is 23.6. The molecule has 2 nitrogen and oxygen atoms in total. The Hall–Kier alpha value is -4.82. The summed E-state index contributed by atoms with van der Waals surface area (Å²) >= 11 is 0. The normalized spacial score (nSPS) is 14.3. The fraction of sp³-hybridized carbons (Fsp3) is 0.261. The van der Waals surface area contributed by atoms with Gasteiger partial charge in [0.1, 0.15) is 0 Å². The second kappa shape index (κ2) is 15.8. The Balaban J connectivity index is 1.23. The zero-order valence-corrected chi connectivity index (χ0v) is 29.1. The SMILES string of the molecule is CCC(CC)c1ccc(N(c2ccccc2)c2ccc(C3=CCC(N(c4ccccc4)c4ccc(C(CC)CC)cc4)C=C3)cc2)cc1. The van der Waals surface area contributed by atoms with Crippen LogP contribution in [0.2, 0.25) is 0 Å². The first kappa shape index (κ1) is 33.1. The maximum absolute atomic E-state index is 2.48. The maximum atomic E-state index is 2.48. The third kappa shape index (κ3) is 7.34. The maximum Gasteiger partial charge on any atom is 0.0560 e. The summed E-state index contributed by atoms with van der Waals surface area (Å²) in [5, 5.41) is 0. The van der Waals surface area contributed by atoms with Gasteiger partial charge in [0, 0.05) is 28.4 Å². The largest absolute Gasteiger partial charge is 0.334 e. The van der Waals surface area contributed by atoms with Crippen LogP contribution >= 0.6 is 0 Å². The Kier molecular flexibility index (Phi) is 10.9. The molecule has 0 saturated carbocycles. The minimum atomic E-state index is 0.242. The summed E-state index contributed by atoms with van der Waals surface area (Å²) in [5.74, 6) is 1.23. The van der Waals surface area contributed by atoms with E-state index < -0.39 is 0 Å². The number of rotatable bonds is 13. The minimum Gasteiger partial charge on any atom is -0.334 e. The van der Waals surface area contributed by atoms with Gasteiger partial charge >= 0.3 is 0 Å². The second-order valence-corrected chi connectivity index (χ2v) is 13.0. The fourth-order valence-corrected chi connectivity index (χ4v) is 7.29. The molecule has 1 aliphatic rings. The monoisotopic (exact) mass is 630 g/mol. The van der Waals surface area contributed by atoms with Gasteiger partial charge in [-0.3, -0.25) is 0 Å². The van der Waals surface area contributed by atoms with Gasteiger partial charge in [-0.1, -0.05) is 119 Å². The van der Waals surface area contributed by atoms with Crippen LogP contribution in [-0.4, -0.2) is 6.04 Å². The predicted molar refractivity (Wildman–Crippen MR) is 208 cm³/mol. The van der Waals surface area contributed by atoms with Gasteiger partial charge in [-0.05, 0) is 127 Å². The highest BCUT2D eigenvalue weighted by atomic mass is 15.2. The van der Waals surface area contributed by atoms with Crippen molar-refractivity contribution < 1.29 is 0 Å². The molecule has 1 aliphatic carbocycles. The summed E-state index contributed by atoms with van der Waals surface area (Å²) in [6.07, 6.45) is 12.7. The van der Waals surface area contributed by atoms with E-state index >= 15 is 0 Å². The average Bonchev–Trinajstić information content (AvgIpc) is 3.16. The Morgan fingerprint density at radius 1 is 0.500 bits per heavy atom. The summed E-state index contributed by atoms with van der Waals surface area (Å²) in [4.78, 5) is 4.84. The summed E-state index contributed by atoms with van der Waals surface area (Å²) in [7, 11) is 0. The molecule has 0 spiro atoms. The van der Waals surface area contributed by atoms with Crippen molar-refractivity contribution in [1.29, 1.82) is 0 Å². The van der Waals surface area contributed by atoms with Crippen LogP contribution in [0, 0.1) is 0 Å². The molecule has 0 heterocycles. The van der Waals surface area contributed by atoms with Crippen molar-refractivity contribution in [2.24, 2.45) is 0 Å². The van der Waals surface area contributed by atoms with Crippen molar-refractivity contribution in [3.8, 4) is 0 Å². The predicted octanol–water partition coefficient (Wildman–Crippen LogP) is 13.5. The van der Waals surface area contributed by atoms with Crippen LogP contribution in [-0.2, 0) is 0 Å². The summed E-state index contributed by atoms with van der Waals surface area (Å²) in [5.41, 5.74) is 11.3. The molecule has 0 radical (unpaired) electrons. The van der Waals surface area contributed by atoms with E-state index in [-0.39, 0.29) is 6.04 Å². The Morgan fingerprint density at radius 3 is 1.38 bits per heavy atom. The van der Waals surface area contributed by atoms with Crippen LogP contribution < -0.4 is 9.80 Å². The van der Waals surface area contributed by atoms with Crippen molar-refractivity contribution in [1.82, 2.24) is 0 Å². The molecule has 5 aromatic carbocycles. The number of allylic oxidation sites excluding steroid dienone is 2. The van der Waals surface area contributed by atoms with E-state index in [2.05, 4.69) is 189 Å². The second-order valence-electron chi connectivity index (χ2n) is 13.0. The lowest BCUT2D eigenvalue weighted by atomic mass is 9.93. The zero-order valence-electron chi connectivity index (χ0n) is 29.1. The van der Waals surface area contributed by atoms with Crippen molar-refractivity contribution in [3.05, 3.63) is 168 Å². The molecule has 244 valence electrons. The third-order valence-corrected chi connectivity index (χ3v) is 10.2. The van der Waals surface area contributed by atoms with Gasteiger partial charge in [0.05, 0.1) is 6.04 Å². The lowest BCUT2D eigenvalue weighted by molar-refractivity contribution is 0.642. The van der Waals surface area contributed by atoms with E-state index in [1.165, 1.54) is 65.0 Å². The van der Waals surface area contributed by atoms with Gasteiger partial charge < -0.3 is 9.80 Å². The molecule has 5 aromatic rings. The highest BCUT2D eigenvalue weighted by Crippen LogP contribution is 2.38. The first-order valence-corrected chi connectivity index (χ1v) is 18.0. The number of anilines is 5. The van der Waals surface area contributed by atoms with Gasteiger partial charge in [-0.15, -0.1) is 0 Å². The Bertz CT molecular complexity index is 1760. The molecule has 6 rings (SSSR count). The van der Waals surface area contributed by atoms with Crippen LogP contribution in [0.25, 0.3) is 5.57 Å². The molecule has 0 amide bonds. The molecule has 2 heteroatoms. The van der Waals surface area contributed by atoms with Crippen LogP contribution in [0.1, 0.15) is 88.3 Å². The summed E-state index contributed by atoms with van der Waals surface area (Å²) in [6.45, 7) is 9.14. The average molecular weight is 631 g/mol. The highest BCUT2D eigenvalue weighted by Gasteiger charge is 2.21. The molecule has 1 unspecified atom stereocenters. The summed E-state index contributed by atoms with van der Waals surface area (Å²) in [6, 6.07) is 49.3. The van der Waals surface area contributed by atoms with Gasteiger partial charge in [-0.2, -0.15) is 0 Å². The quantitative estimate of drug-likeness (QED) is 0.128. The molecular formula is C46H50N2. The number of nitrogens with zero attached hydrogens (tertiary/aromatic N) is 2. The highest BCUT2D eigenvalue weighted by molar-refractivity contribution is 5.81. The molecule has 0 fully saturated rings. The molecular weight excluding hydrogens is 581 g/mol. The van der Waals surface area contributed by atoms with Gasteiger partial charge in [0.25, 0.3) is 0 Å². The topological polar surface area (TPSA) is 6.48 Å². The van der Waals surface area contributed by atoms with E-state index in [1.54, 1.807) is 0 Å². The number of benzene rings is 5. The van der Waals surface area contributed by atoms with Crippen LogP contribution in [0.15, 0.2) is 152 Å². The van der Waals surface area contributed by atoms with Gasteiger partial charge in [-0.25, -0.2) is 0 Å². The zero-order chi connectivity index (χ0) is 33.3. The molecule has 0 aromatic heterocycles. The van der Waals surface area contributed by atoms with Gasteiger partial charge in [0.2, 0.25) is 0 Å². The summed E-state index contributed by atoms with van der Waals surface area (Å²) < 4.78 is 0. The van der Waals surface area contributed by atoms with Crippen molar-refractivity contribution >= 4 is 34.0 Å². The number of hydrogen-bond donors (Lipinski definition) is 0. The van der Waals surface area contributed by atoms with E-state index in [4.69, 9.17) is 0 Å². The van der Waals surface area contributed by atoms with E-state index in [9.17, 15) is 0 Å². The molecule has 0 N–H and O–H groups in total. The van der Waals surface area contributed by atoms with Crippen LogP contribution in [0.5, 0.6) is 0 Å². The Labute approximate surface area is 289 Å². The minimum absolute atomic E-state index is 0.242. The molecule has 1 atom stereocenters. The molecule has 48 heavy (non-hydrogen) atoms. The molecule has 0 bridgehead atoms. The van der Waals surface area contributed by atoms with Crippen LogP contribution in [0.3, 0.4) is 0 Å². The lowest BCUT2D eigenvalue weighted by Crippen LogP contribution is -2.30. The fourth-order valence-electron chi connectivity index (χ4n) is 7.29. The van der Waals surface area contributed by atoms with Crippen LogP contribution in [0.4, 0.5) is 28.4 Å². The van der Waals surface area contributed by atoms with E-state index in [1.807, 2.05) is 0 Å². The first-order valence-electron chi connectivity index (χ1n) is 18.0. The molecule has 0 aliphatic heterocycles. The lowest BCUT2D eigenvalue weighted by Gasteiger charge is -2.33. The Morgan fingerprint density at radius 2 is 0.917 bits per heavy atom. The third-order valence-electron chi connectivity index (χ3n) is 10.2. The van der Waals surface area contributed by atoms with E-state index in [0.717, 1.165) is 17.8 Å². The van der Waals surface area contributed by atoms with Gasteiger partial charge in [0.15, 0.2) is 0 Å². The van der Waals surface area contributed by atoms with Crippen molar-refractivity contribution in [3.63, 3.8) is 0 Å². The molecule has 0 saturated heterocycles. The van der Waals surface area contributed by atoms with Crippen molar-refractivity contribution in [2.45, 2.75) is 77.7 Å². The standard InChI is InChI=1S/C46H50N2/c1-5-35(6-2)37-19-27-43(28-20-37)47(41-15-11-9-12-16-41)45-31-23-39(24-32-45)40-25-33-46(34-26-40)48(42-17-13-10-14-18-42)44-29-21-38(22-30-44)36(7-3)8-4/h9-33,35-36,46H,5-8,34H2,1-4H3. The number of para-hydroxylation sites is 2. The number of hydrogen-bond acceptors (Lipinski definition) is 2. The van der Waals surface area contributed by atoms with E-state index in [0.29, 0.717) is 11.8 Å². The van der Waals surface area contributed by atoms with Crippen molar-refractivity contribution in [2.75, 3.05) is 9.80 Å².